The second kappa shape index (κ2) is 5.84. The quantitative estimate of drug-likeness (QED) is 0.915. The maximum Gasteiger partial charge on any atom is 0.416 e. The highest BCUT2D eigenvalue weighted by molar-refractivity contribution is 7.91. The third-order valence-corrected chi connectivity index (χ3v) is 5.13. The van der Waals surface area contributed by atoms with Gasteiger partial charge in [-0.25, -0.2) is 8.42 Å². The second-order valence-electron chi connectivity index (χ2n) is 5.02. The highest BCUT2D eigenvalue weighted by Gasteiger charge is 2.34. The van der Waals surface area contributed by atoms with E-state index in [2.05, 4.69) is 0 Å². The molecule has 21 heavy (non-hydrogen) atoms. The normalized spacial score (nSPS) is 18.8. The minimum absolute atomic E-state index is 0.0289. The maximum absolute atomic E-state index is 13.1. The van der Waals surface area contributed by atoms with Crippen molar-refractivity contribution in [2.24, 2.45) is 5.73 Å². The molecular formula is C13H17F3N2O2S. The van der Waals surface area contributed by atoms with Crippen LogP contribution in [0.1, 0.15) is 11.1 Å². The lowest BCUT2D eigenvalue weighted by atomic mass is 10.0. The molecule has 1 aliphatic rings. The van der Waals surface area contributed by atoms with Crippen molar-refractivity contribution in [3.05, 3.63) is 29.3 Å². The summed E-state index contributed by atoms with van der Waals surface area (Å²) in [5.41, 5.74) is 5.21. The molecule has 1 aromatic carbocycles. The lowest BCUT2D eigenvalue weighted by molar-refractivity contribution is -0.138. The molecule has 0 aliphatic carbocycles. The summed E-state index contributed by atoms with van der Waals surface area (Å²) < 4.78 is 62.0. The first-order valence-corrected chi connectivity index (χ1v) is 8.40. The molecule has 0 amide bonds. The standard InChI is InChI=1S/C13H17F3N2O2S/c14-13(15,16)12-9-11(2-1-10(12)3-4-17)18-5-7-21(19,20)8-6-18/h1-2,9H,3-8,17H2. The zero-order valence-corrected chi connectivity index (χ0v) is 12.2. The Balaban J connectivity index is 2.30. The predicted molar refractivity (Wildman–Crippen MR) is 75.1 cm³/mol. The average Bonchev–Trinajstić information content (AvgIpc) is 2.38. The topological polar surface area (TPSA) is 63.4 Å². The third kappa shape index (κ3) is 3.88. The Morgan fingerprint density at radius 3 is 2.33 bits per heavy atom. The van der Waals surface area contributed by atoms with Crippen LogP contribution in [-0.2, 0) is 22.4 Å². The molecule has 0 radical (unpaired) electrons. The summed E-state index contributed by atoms with van der Waals surface area (Å²) in [6.07, 6.45) is -4.29. The molecule has 0 aromatic heterocycles. The summed E-state index contributed by atoms with van der Waals surface area (Å²) in [6.45, 7) is 0.579. The van der Waals surface area contributed by atoms with Gasteiger partial charge in [0.25, 0.3) is 0 Å². The van der Waals surface area contributed by atoms with Crippen molar-refractivity contribution in [3.8, 4) is 0 Å². The molecule has 8 heteroatoms. The van der Waals surface area contributed by atoms with Crippen molar-refractivity contribution in [3.63, 3.8) is 0 Å². The number of benzene rings is 1. The minimum atomic E-state index is -4.44. The number of alkyl halides is 3. The van der Waals surface area contributed by atoms with E-state index in [9.17, 15) is 21.6 Å². The average molecular weight is 322 g/mol. The van der Waals surface area contributed by atoms with E-state index in [1.54, 1.807) is 11.0 Å². The number of hydrogen-bond donors (Lipinski definition) is 1. The predicted octanol–water partition coefficient (Wildman–Crippen LogP) is 1.44. The summed E-state index contributed by atoms with van der Waals surface area (Å²) in [7, 11) is -3.06. The van der Waals surface area contributed by atoms with Gasteiger partial charge in [0.15, 0.2) is 9.84 Å². The fourth-order valence-electron chi connectivity index (χ4n) is 2.37. The third-order valence-electron chi connectivity index (χ3n) is 3.52. The van der Waals surface area contributed by atoms with Gasteiger partial charge in [0.1, 0.15) is 0 Å². The van der Waals surface area contributed by atoms with Crippen LogP contribution in [-0.4, -0.2) is 39.6 Å². The smallest absolute Gasteiger partial charge is 0.369 e. The van der Waals surface area contributed by atoms with Crippen LogP contribution in [0.2, 0.25) is 0 Å². The molecule has 0 unspecified atom stereocenters. The Morgan fingerprint density at radius 2 is 1.81 bits per heavy atom. The number of anilines is 1. The molecule has 0 spiro atoms. The number of rotatable bonds is 3. The molecule has 4 nitrogen and oxygen atoms in total. The first-order chi connectivity index (χ1) is 9.73. The Hall–Kier alpha value is -1.28. The second-order valence-corrected chi connectivity index (χ2v) is 7.32. The van der Waals surface area contributed by atoms with Gasteiger partial charge in [-0.3, -0.25) is 0 Å². The van der Waals surface area contributed by atoms with Crippen molar-refractivity contribution < 1.29 is 21.6 Å². The lowest BCUT2D eigenvalue weighted by Gasteiger charge is -2.29. The van der Waals surface area contributed by atoms with Gasteiger partial charge in [-0.15, -0.1) is 0 Å². The maximum atomic E-state index is 13.1. The lowest BCUT2D eigenvalue weighted by Crippen LogP contribution is -2.40. The summed E-state index contributed by atoms with van der Waals surface area (Å²) in [5.74, 6) is -0.0577. The van der Waals surface area contributed by atoms with Gasteiger partial charge in [-0.1, -0.05) is 6.07 Å². The van der Waals surface area contributed by atoms with E-state index in [4.69, 9.17) is 5.73 Å². The molecule has 0 bridgehead atoms. The summed E-state index contributed by atoms with van der Waals surface area (Å²) in [4.78, 5) is 1.67. The van der Waals surface area contributed by atoms with Gasteiger partial charge in [0.05, 0.1) is 17.1 Å². The fraction of sp³-hybridized carbons (Fsp3) is 0.538. The molecule has 1 saturated heterocycles. The Labute approximate surface area is 121 Å². The molecule has 118 valence electrons. The Kier molecular flexibility index (Phi) is 4.48. The first kappa shape index (κ1) is 16.1. The van der Waals surface area contributed by atoms with Gasteiger partial charge in [0.2, 0.25) is 0 Å². The van der Waals surface area contributed by atoms with E-state index in [1.807, 2.05) is 0 Å². The molecule has 1 fully saturated rings. The number of nitrogens with two attached hydrogens (primary N) is 1. The van der Waals surface area contributed by atoms with Crippen LogP contribution in [0.3, 0.4) is 0 Å². The zero-order chi connectivity index (χ0) is 15.7. The number of hydrogen-bond acceptors (Lipinski definition) is 4. The number of nitrogens with zero attached hydrogens (tertiary/aromatic N) is 1. The van der Waals surface area contributed by atoms with E-state index in [1.165, 1.54) is 6.07 Å². The molecule has 1 aromatic rings. The van der Waals surface area contributed by atoms with Gasteiger partial charge in [0, 0.05) is 18.8 Å². The molecular weight excluding hydrogens is 305 g/mol. The van der Waals surface area contributed by atoms with Crippen molar-refractivity contribution in [2.75, 3.05) is 36.0 Å². The van der Waals surface area contributed by atoms with Crippen LogP contribution in [0.25, 0.3) is 0 Å². The van der Waals surface area contributed by atoms with E-state index in [0.717, 1.165) is 6.07 Å². The van der Waals surface area contributed by atoms with Crippen LogP contribution < -0.4 is 10.6 Å². The van der Waals surface area contributed by atoms with Crippen LogP contribution in [0, 0.1) is 0 Å². The Bertz CT molecular complexity index is 600. The van der Waals surface area contributed by atoms with E-state index in [0.29, 0.717) is 5.69 Å². The van der Waals surface area contributed by atoms with Gasteiger partial charge >= 0.3 is 6.18 Å². The van der Waals surface area contributed by atoms with Crippen LogP contribution >= 0.6 is 0 Å². The SMILES string of the molecule is NCCc1ccc(N2CCS(=O)(=O)CC2)cc1C(F)(F)F. The largest absolute Gasteiger partial charge is 0.416 e. The van der Waals surface area contributed by atoms with E-state index < -0.39 is 21.6 Å². The van der Waals surface area contributed by atoms with Crippen LogP contribution in [0.15, 0.2) is 18.2 Å². The molecule has 2 N–H and O–H groups in total. The summed E-state index contributed by atoms with van der Waals surface area (Å²) >= 11 is 0. The van der Waals surface area contributed by atoms with Gasteiger partial charge < -0.3 is 10.6 Å². The summed E-state index contributed by atoms with van der Waals surface area (Å²) in [6, 6.07) is 4.11. The highest BCUT2D eigenvalue weighted by Crippen LogP contribution is 2.35. The van der Waals surface area contributed by atoms with Crippen molar-refractivity contribution in [1.29, 1.82) is 0 Å². The fourth-order valence-corrected chi connectivity index (χ4v) is 3.57. The summed E-state index contributed by atoms with van der Waals surface area (Å²) in [5, 5.41) is 0. The molecule has 0 saturated carbocycles. The van der Waals surface area contributed by atoms with Crippen molar-refractivity contribution in [2.45, 2.75) is 12.6 Å². The van der Waals surface area contributed by atoms with Gasteiger partial charge in [-0.2, -0.15) is 13.2 Å². The number of halogens is 3. The molecule has 2 rings (SSSR count). The monoisotopic (exact) mass is 322 g/mol. The first-order valence-electron chi connectivity index (χ1n) is 6.58. The highest BCUT2D eigenvalue weighted by atomic mass is 32.2. The van der Waals surface area contributed by atoms with Gasteiger partial charge in [-0.05, 0) is 30.7 Å². The van der Waals surface area contributed by atoms with Crippen molar-refractivity contribution in [1.82, 2.24) is 0 Å². The number of sulfone groups is 1. The molecule has 1 aliphatic heterocycles. The molecule has 1 heterocycles. The van der Waals surface area contributed by atoms with Crippen LogP contribution in [0.4, 0.5) is 18.9 Å². The Morgan fingerprint density at radius 1 is 1.19 bits per heavy atom. The molecule has 0 atom stereocenters. The van der Waals surface area contributed by atoms with Crippen molar-refractivity contribution >= 4 is 15.5 Å². The van der Waals surface area contributed by atoms with E-state index >= 15 is 0 Å². The van der Waals surface area contributed by atoms with E-state index in [-0.39, 0.29) is 43.1 Å². The zero-order valence-electron chi connectivity index (χ0n) is 11.4. The van der Waals surface area contributed by atoms with Crippen LogP contribution in [0.5, 0.6) is 0 Å². The minimum Gasteiger partial charge on any atom is -0.369 e.